The summed E-state index contributed by atoms with van der Waals surface area (Å²) < 4.78 is 5.67. The van der Waals surface area contributed by atoms with Crippen molar-refractivity contribution in [3.63, 3.8) is 0 Å². The van der Waals surface area contributed by atoms with Crippen LogP contribution in [0.15, 0.2) is 51.1 Å². The van der Waals surface area contributed by atoms with E-state index in [0.29, 0.717) is 32.3 Å². The molecule has 0 saturated heterocycles. The molecular formula is C19H16Cl2N4O2S. The molecule has 9 heteroatoms. The molecule has 3 aromatic rings. The Morgan fingerprint density at radius 1 is 1.21 bits per heavy atom. The number of carbonyl (C=O) groups excluding carboxylic acids is 1. The van der Waals surface area contributed by atoms with Gasteiger partial charge in [-0.2, -0.15) is 5.10 Å². The van der Waals surface area contributed by atoms with Crippen LogP contribution in [0.4, 0.5) is 0 Å². The Morgan fingerprint density at radius 2 is 1.96 bits per heavy atom. The molecular weight excluding hydrogens is 419 g/mol. The minimum Gasteiger partial charge on any atom is -0.455 e. The quantitative estimate of drug-likeness (QED) is 0.258. The number of hydrogen-bond acceptors (Lipinski definition) is 6. The van der Waals surface area contributed by atoms with Crippen molar-refractivity contribution in [2.45, 2.75) is 19.0 Å². The molecule has 1 N–H and O–H groups in total. The summed E-state index contributed by atoms with van der Waals surface area (Å²) in [6, 6.07) is 10.7. The summed E-state index contributed by atoms with van der Waals surface area (Å²) >= 11 is 13.5. The van der Waals surface area contributed by atoms with E-state index >= 15 is 0 Å². The molecule has 0 fully saturated rings. The van der Waals surface area contributed by atoms with Crippen LogP contribution in [0.3, 0.4) is 0 Å². The van der Waals surface area contributed by atoms with Crippen molar-refractivity contribution in [2.75, 3.05) is 5.75 Å². The van der Waals surface area contributed by atoms with Gasteiger partial charge in [-0.3, -0.25) is 4.79 Å². The first-order valence-corrected chi connectivity index (χ1v) is 9.98. The maximum atomic E-state index is 11.9. The monoisotopic (exact) mass is 434 g/mol. The minimum absolute atomic E-state index is 0.155. The average molecular weight is 435 g/mol. The van der Waals surface area contributed by atoms with Gasteiger partial charge in [-0.05, 0) is 44.2 Å². The fourth-order valence-corrected chi connectivity index (χ4v) is 3.48. The van der Waals surface area contributed by atoms with Crippen molar-refractivity contribution in [3.05, 3.63) is 63.6 Å². The predicted molar refractivity (Wildman–Crippen MR) is 112 cm³/mol. The molecule has 1 aromatic carbocycles. The number of aryl methyl sites for hydroxylation is 2. The lowest BCUT2D eigenvalue weighted by Gasteiger charge is -2.02. The van der Waals surface area contributed by atoms with Crippen molar-refractivity contribution in [1.82, 2.24) is 15.4 Å². The average Bonchev–Trinajstić information content (AvgIpc) is 3.10. The highest BCUT2D eigenvalue weighted by Crippen LogP contribution is 2.34. The fraction of sp³-hybridized carbons (Fsp3) is 0.158. The zero-order valence-corrected chi connectivity index (χ0v) is 17.4. The maximum Gasteiger partial charge on any atom is 0.250 e. The molecule has 6 nitrogen and oxygen atoms in total. The van der Waals surface area contributed by atoms with Crippen LogP contribution in [0.2, 0.25) is 10.0 Å². The molecule has 3 rings (SSSR count). The number of hydrazone groups is 1. The first kappa shape index (κ1) is 20.4. The van der Waals surface area contributed by atoms with Gasteiger partial charge < -0.3 is 4.42 Å². The topological polar surface area (TPSA) is 80.4 Å². The summed E-state index contributed by atoms with van der Waals surface area (Å²) in [6.45, 7) is 3.77. The van der Waals surface area contributed by atoms with Crippen molar-refractivity contribution in [1.29, 1.82) is 0 Å². The lowest BCUT2D eigenvalue weighted by atomic mass is 10.2. The van der Waals surface area contributed by atoms with Gasteiger partial charge in [-0.25, -0.2) is 15.4 Å². The van der Waals surface area contributed by atoms with Crippen LogP contribution in [0, 0.1) is 13.8 Å². The highest BCUT2D eigenvalue weighted by molar-refractivity contribution is 7.99. The third-order valence-electron chi connectivity index (χ3n) is 3.52. The summed E-state index contributed by atoms with van der Waals surface area (Å²) in [5.41, 5.74) is 4.86. The van der Waals surface area contributed by atoms with Gasteiger partial charge in [-0.15, -0.1) is 0 Å². The van der Waals surface area contributed by atoms with E-state index in [1.54, 1.807) is 24.3 Å². The standard InChI is InChI=1S/C19H16Cl2N4O2S/c1-11-8-12(2)24-19(23-11)28-10-17(26)25-22-9-13-6-7-16(27-13)14-4-3-5-15(20)18(14)21/h3-9H,10H2,1-2H3,(H,25,26)/b22-9+. The molecule has 144 valence electrons. The van der Waals surface area contributed by atoms with E-state index in [9.17, 15) is 4.79 Å². The van der Waals surface area contributed by atoms with Crippen molar-refractivity contribution in [2.24, 2.45) is 5.10 Å². The normalized spacial score (nSPS) is 11.1. The van der Waals surface area contributed by atoms with Crippen LogP contribution in [0.1, 0.15) is 17.1 Å². The van der Waals surface area contributed by atoms with E-state index in [1.807, 2.05) is 26.0 Å². The SMILES string of the molecule is Cc1cc(C)nc(SCC(=O)N/N=C/c2ccc(-c3cccc(Cl)c3Cl)o2)n1. The zero-order chi connectivity index (χ0) is 20.1. The summed E-state index contributed by atoms with van der Waals surface area (Å²) in [7, 11) is 0. The Balaban J connectivity index is 1.55. The van der Waals surface area contributed by atoms with Crippen molar-refractivity contribution >= 4 is 47.1 Å². The van der Waals surface area contributed by atoms with Crippen molar-refractivity contribution in [3.8, 4) is 11.3 Å². The number of halogens is 2. The number of benzene rings is 1. The van der Waals surface area contributed by atoms with E-state index < -0.39 is 0 Å². The molecule has 0 aliphatic rings. The molecule has 0 radical (unpaired) electrons. The summed E-state index contributed by atoms with van der Waals surface area (Å²) in [5.74, 6) is 0.912. The lowest BCUT2D eigenvalue weighted by molar-refractivity contribution is -0.118. The number of nitrogens with zero attached hydrogens (tertiary/aromatic N) is 3. The van der Waals surface area contributed by atoms with Crippen LogP contribution in [0.25, 0.3) is 11.3 Å². The number of hydrogen-bond donors (Lipinski definition) is 1. The molecule has 0 aliphatic carbocycles. The molecule has 0 aliphatic heterocycles. The Labute approximate surface area is 176 Å². The first-order valence-electron chi connectivity index (χ1n) is 8.23. The smallest absolute Gasteiger partial charge is 0.250 e. The van der Waals surface area contributed by atoms with Gasteiger partial charge in [0.15, 0.2) is 5.16 Å². The Hall–Kier alpha value is -2.35. The van der Waals surface area contributed by atoms with Gasteiger partial charge in [0.2, 0.25) is 0 Å². The molecule has 0 atom stereocenters. The number of nitrogens with one attached hydrogen (secondary N) is 1. The number of thioether (sulfide) groups is 1. The second-order valence-corrected chi connectivity index (χ2v) is 7.55. The van der Waals surface area contributed by atoms with E-state index in [2.05, 4.69) is 20.5 Å². The molecule has 2 heterocycles. The number of rotatable bonds is 6. The van der Waals surface area contributed by atoms with Crippen LogP contribution in [-0.2, 0) is 4.79 Å². The predicted octanol–water partition coefficient (Wildman–Crippen LogP) is 4.90. The van der Waals surface area contributed by atoms with Gasteiger partial charge >= 0.3 is 0 Å². The minimum atomic E-state index is -0.270. The second-order valence-electron chi connectivity index (χ2n) is 5.82. The second kappa shape index (κ2) is 9.23. The third kappa shape index (κ3) is 5.34. The van der Waals surface area contributed by atoms with Crippen LogP contribution in [0.5, 0.6) is 0 Å². The van der Waals surface area contributed by atoms with Gasteiger partial charge in [0.25, 0.3) is 5.91 Å². The maximum absolute atomic E-state index is 11.9. The first-order chi connectivity index (χ1) is 13.4. The summed E-state index contributed by atoms with van der Waals surface area (Å²) in [5, 5.41) is 5.33. The van der Waals surface area contributed by atoms with Crippen molar-refractivity contribution < 1.29 is 9.21 Å². The number of aromatic nitrogens is 2. The molecule has 0 saturated carbocycles. The highest BCUT2D eigenvalue weighted by atomic mass is 35.5. The molecule has 0 bridgehead atoms. The van der Waals surface area contributed by atoms with E-state index in [4.69, 9.17) is 27.6 Å². The van der Waals surface area contributed by atoms with Crippen LogP contribution < -0.4 is 5.43 Å². The summed E-state index contributed by atoms with van der Waals surface area (Å²) in [4.78, 5) is 20.5. The Bertz CT molecular complexity index is 1020. The van der Waals surface area contributed by atoms with E-state index in [0.717, 1.165) is 11.4 Å². The van der Waals surface area contributed by atoms with Gasteiger partial charge in [0, 0.05) is 17.0 Å². The molecule has 1 amide bonds. The Morgan fingerprint density at radius 3 is 2.71 bits per heavy atom. The van der Waals surface area contributed by atoms with E-state index in [-0.39, 0.29) is 11.7 Å². The number of amides is 1. The Kier molecular flexibility index (Phi) is 6.72. The largest absolute Gasteiger partial charge is 0.455 e. The third-order valence-corrected chi connectivity index (χ3v) is 5.19. The van der Waals surface area contributed by atoms with Gasteiger partial charge in [0.1, 0.15) is 11.5 Å². The molecule has 0 unspecified atom stereocenters. The number of furan rings is 1. The van der Waals surface area contributed by atoms with Crippen LogP contribution in [-0.4, -0.2) is 27.8 Å². The van der Waals surface area contributed by atoms with E-state index in [1.165, 1.54) is 18.0 Å². The highest BCUT2D eigenvalue weighted by Gasteiger charge is 2.10. The fourth-order valence-electron chi connectivity index (χ4n) is 2.35. The summed E-state index contributed by atoms with van der Waals surface area (Å²) in [6.07, 6.45) is 1.41. The molecule has 28 heavy (non-hydrogen) atoms. The number of carbonyl (C=O) groups is 1. The molecule has 0 spiro atoms. The zero-order valence-electron chi connectivity index (χ0n) is 15.1. The van der Waals surface area contributed by atoms with Gasteiger partial charge in [0.05, 0.1) is 22.0 Å². The van der Waals surface area contributed by atoms with Gasteiger partial charge in [-0.1, -0.05) is 41.0 Å². The lowest BCUT2D eigenvalue weighted by Crippen LogP contribution is -2.19. The van der Waals surface area contributed by atoms with Crippen LogP contribution >= 0.6 is 35.0 Å². The molecule has 2 aromatic heterocycles.